The minimum absolute atomic E-state index is 0.433. The molecule has 3 heteroatoms. The normalized spacial score (nSPS) is 11.0. The van der Waals surface area contributed by atoms with Crippen LogP contribution in [0.2, 0.25) is 0 Å². The van der Waals surface area contributed by atoms with Crippen molar-refractivity contribution in [2.75, 3.05) is 0 Å². The van der Waals surface area contributed by atoms with Gasteiger partial charge in [-0.2, -0.15) is 0 Å². The van der Waals surface area contributed by atoms with Crippen LogP contribution in [-0.4, -0.2) is 9.55 Å². The van der Waals surface area contributed by atoms with Gasteiger partial charge in [0.25, 0.3) is 0 Å². The SMILES string of the molecule is Cc1cccc(-n2c(CN)nc3ccccc32)c1. The molecule has 18 heavy (non-hydrogen) atoms. The molecule has 2 N–H and O–H groups in total. The summed E-state index contributed by atoms with van der Waals surface area (Å²) in [4.78, 5) is 4.58. The van der Waals surface area contributed by atoms with Crippen LogP contribution < -0.4 is 5.73 Å². The second-order valence-corrected chi connectivity index (χ2v) is 4.40. The van der Waals surface area contributed by atoms with Crippen molar-refractivity contribution in [3.63, 3.8) is 0 Å². The lowest BCUT2D eigenvalue weighted by Crippen LogP contribution is -2.06. The van der Waals surface area contributed by atoms with Gasteiger partial charge in [0, 0.05) is 5.69 Å². The summed E-state index contributed by atoms with van der Waals surface area (Å²) in [6.07, 6.45) is 0. The Morgan fingerprint density at radius 2 is 1.94 bits per heavy atom. The summed E-state index contributed by atoms with van der Waals surface area (Å²) >= 11 is 0. The monoisotopic (exact) mass is 237 g/mol. The van der Waals surface area contributed by atoms with Gasteiger partial charge in [-0.1, -0.05) is 24.3 Å². The average molecular weight is 237 g/mol. The molecule has 0 aliphatic heterocycles. The smallest absolute Gasteiger partial charge is 0.128 e. The highest BCUT2D eigenvalue weighted by atomic mass is 15.1. The Labute approximate surface area is 106 Å². The lowest BCUT2D eigenvalue weighted by atomic mass is 10.2. The highest BCUT2D eigenvalue weighted by Gasteiger charge is 2.10. The van der Waals surface area contributed by atoms with Gasteiger partial charge in [0.2, 0.25) is 0 Å². The molecular formula is C15H15N3. The predicted molar refractivity (Wildman–Crippen MR) is 73.7 cm³/mol. The van der Waals surface area contributed by atoms with Crippen LogP contribution in [0.1, 0.15) is 11.4 Å². The zero-order chi connectivity index (χ0) is 12.5. The van der Waals surface area contributed by atoms with Crippen LogP contribution in [0.3, 0.4) is 0 Å². The molecule has 0 bridgehead atoms. The summed E-state index contributed by atoms with van der Waals surface area (Å²) in [6, 6.07) is 16.5. The lowest BCUT2D eigenvalue weighted by Gasteiger charge is -2.08. The standard InChI is InChI=1S/C15H15N3/c1-11-5-4-6-12(9-11)18-14-8-3-2-7-13(14)17-15(18)10-16/h2-9H,10,16H2,1H3. The summed E-state index contributed by atoms with van der Waals surface area (Å²) < 4.78 is 2.13. The van der Waals surface area contributed by atoms with E-state index >= 15 is 0 Å². The Bertz CT molecular complexity index is 698. The number of nitrogens with two attached hydrogens (primary N) is 1. The zero-order valence-electron chi connectivity index (χ0n) is 10.3. The second-order valence-electron chi connectivity index (χ2n) is 4.40. The summed E-state index contributed by atoms with van der Waals surface area (Å²) in [5.41, 5.74) is 10.2. The fourth-order valence-electron chi connectivity index (χ4n) is 2.27. The molecule has 0 amide bonds. The molecule has 3 nitrogen and oxygen atoms in total. The Hall–Kier alpha value is -2.13. The molecule has 0 saturated carbocycles. The van der Waals surface area contributed by atoms with E-state index in [0.29, 0.717) is 6.54 Å². The number of para-hydroxylation sites is 2. The molecular weight excluding hydrogens is 222 g/mol. The summed E-state index contributed by atoms with van der Waals surface area (Å²) in [7, 11) is 0. The molecule has 90 valence electrons. The van der Waals surface area contributed by atoms with Gasteiger partial charge >= 0.3 is 0 Å². The number of benzene rings is 2. The molecule has 0 aliphatic carbocycles. The number of imidazole rings is 1. The van der Waals surface area contributed by atoms with Gasteiger partial charge in [-0.05, 0) is 36.8 Å². The molecule has 0 unspecified atom stereocenters. The minimum atomic E-state index is 0.433. The van der Waals surface area contributed by atoms with E-state index in [1.807, 2.05) is 18.2 Å². The van der Waals surface area contributed by atoms with E-state index in [2.05, 4.69) is 46.8 Å². The van der Waals surface area contributed by atoms with Crippen LogP contribution in [-0.2, 0) is 6.54 Å². The van der Waals surface area contributed by atoms with E-state index in [0.717, 1.165) is 22.5 Å². The number of aryl methyl sites for hydroxylation is 1. The number of nitrogens with zero attached hydrogens (tertiary/aromatic N) is 2. The van der Waals surface area contributed by atoms with E-state index < -0.39 is 0 Å². The molecule has 2 aromatic carbocycles. The van der Waals surface area contributed by atoms with Crippen molar-refractivity contribution in [2.24, 2.45) is 5.73 Å². The topological polar surface area (TPSA) is 43.8 Å². The average Bonchev–Trinajstić information content (AvgIpc) is 2.77. The van der Waals surface area contributed by atoms with Crippen molar-refractivity contribution < 1.29 is 0 Å². The quantitative estimate of drug-likeness (QED) is 0.744. The van der Waals surface area contributed by atoms with Crippen LogP contribution in [0.15, 0.2) is 48.5 Å². The van der Waals surface area contributed by atoms with E-state index in [1.54, 1.807) is 0 Å². The maximum Gasteiger partial charge on any atom is 0.128 e. The van der Waals surface area contributed by atoms with Crippen molar-refractivity contribution in [3.8, 4) is 5.69 Å². The predicted octanol–water partition coefficient (Wildman–Crippen LogP) is 2.79. The van der Waals surface area contributed by atoms with E-state index in [-0.39, 0.29) is 0 Å². The summed E-state index contributed by atoms with van der Waals surface area (Å²) in [5.74, 6) is 0.891. The molecule has 3 aromatic rings. The van der Waals surface area contributed by atoms with Crippen LogP contribution in [0.25, 0.3) is 16.7 Å². The largest absolute Gasteiger partial charge is 0.324 e. The summed E-state index contributed by atoms with van der Waals surface area (Å²) in [6.45, 7) is 2.52. The molecule has 0 radical (unpaired) electrons. The van der Waals surface area contributed by atoms with Crippen molar-refractivity contribution in [1.82, 2.24) is 9.55 Å². The van der Waals surface area contributed by atoms with Crippen molar-refractivity contribution in [3.05, 3.63) is 59.9 Å². The van der Waals surface area contributed by atoms with Crippen molar-refractivity contribution in [2.45, 2.75) is 13.5 Å². The van der Waals surface area contributed by atoms with E-state index in [9.17, 15) is 0 Å². The third-order valence-corrected chi connectivity index (χ3v) is 3.07. The van der Waals surface area contributed by atoms with E-state index in [4.69, 9.17) is 5.73 Å². The zero-order valence-corrected chi connectivity index (χ0v) is 10.3. The fraction of sp³-hybridized carbons (Fsp3) is 0.133. The molecule has 1 heterocycles. The maximum atomic E-state index is 5.81. The highest BCUT2D eigenvalue weighted by molar-refractivity contribution is 5.78. The third kappa shape index (κ3) is 1.69. The van der Waals surface area contributed by atoms with Crippen molar-refractivity contribution in [1.29, 1.82) is 0 Å². The van der Waals surface area contributed by atoms with E-state index in [1.165, 1.54) is 5.56 Å². The first kappa shape index (κ1) is 11.0. The molecule has 1 aromatic heterocycles. The molecule has 0 spiro atoms. The highest BCUT2D eigenvalue weighted by Crippen LogP contribution is 2.21. The lowest BCUT2D eigenvalue weighted by molar-refractivity contribution is 0.882. The van der Waals surface area contributed by atoms with Gasteiger partial charge in [0.05, 0.1) is 17.6 Å². The van der Waals surface area contributed by atoms with Gasteiger partial charge in [0.1, 0.15) is 5.82 Å². The molecule has 3 rings (SSSR count). The first-order chi connectivity index (χ1) is 8.79. The number of aromatic nitrogens is 2. The van der Waals surface area contributed by atoms with Gasteiger partial charge in [0.15, 0.2) is 0 Å². The van der Waals surface area contributed by atoms with Crippen LogP contribution in [0, 0.1) is 6.92 Å². The van der Waals surface area contributed by atoms with Crippen molar-refractivity contribution >= 4 is 11.0 Å². The first-order valence-electron chi connectivity index (χ1n) is 6.03. The van der Waals surface area contributed by atoms with Crippen LogP contribution in [0.5, 0.6) is 0 Å². The second kappa shape index (κ2) is 4.27. The fourth-order valence-corrected chi connectivity index (χ4v) is 2.27. The Morgan fingerprint density at radius 3 is 2.72 bits per heavy atom. The molecule has 0 aliphatic rings. The van der Waals surface area contributed by atoms with Gasteiger partial charge < -0.3 is 5.73 Å². The number of rotatable bonds is 2. The molecule has 0 saturated heterocycles. The Kier molecular flexibility index (Phi) is 2.61. The van der Waals surface area contributed by atoms with Crippen LogP contribution in [0.4, 0.5) is 0 Å². The summed E-state index contributed by atoms with van der Waals surface area (Å²) in [5, 5.41) is 0. The molecule has 0 atom stereocenters. The van der Waals surface area contributed by atoms with Gasteiger partial charge in [-0.25, -0.2) is 4.98 Å². The number of hydrogen-bond acceptors (Lipinski definition) is 2. The Morgan fingerprint density at radius 1 is 1.11 bits per heavy atom. The Balaban J connectivity index is 2.33. The van der Waals surface area contributed by atoms with Gasteiger partial charge in [-0.15, -0.1) is 0 Å². The third-order valence-electron chi connectivity index (χ3n) is 3.07. The maximum absolute atomic E-state index is 5.81. The first-order valence-corrected chi connectivity index (χ1v) is 6.03. The molecule has 0 fully saturated rings. The van der Waals surface area contributed by atoms with Crippen LogP contribution >= 0.6 is 0 Å². The number of fused-ring (bicyclic) bond motifs is 1. The minimum Gasteiger partial charge on any atom is -0.324 e. The van der Waals surface area contributed by atoms with Gasteiger partial charge in [-0.3, -0.25) is 4.57 Å². The number of hydrogen-bond donors (Lipinski definition) is 1.